The van der Waals surface area contributed by atoms with Crippen LogP contribution < -0.4 is 10.6 Å². The van der Waals surface area contributed by atoms with E-state index in [-0.39, 0.29) is 29.8 Å². The monoisotopic (exact) mass is 380 g/mol. The number of carbonyl (C=O) groups excluding carboxylic acids is 2. The summed E-state index contributed by atoms with van der Waals surface area (Å²) in [6, 6.07) is 8.45. The first kappa shape index (κ1) is 18.2. The molecule has 1 aromatic rings. The Morgan fingerprint density at radius 2 is 1.64 bits per heavy atom. The second-order valence-electron chi connectivity index (χ2n) is 10.1. The molecule has 0 aliphatic heterocycles. The van der Waals surface area contributed by atoms with E-state index in [4.69, 9.17) is 0 Å². The number of amides is 2. The molecule has 5 aliphatic rings. The van der Waals surface area contributed by atoms with Crippen LogP contribution in [0.25, 0.3) is 0 Å². The van der Waals surface area contributed by atoms with Crippen LogP contribution in [0.2, 0.25) is 0 Å². The first-order chi connectivity index (χ1) is 13.6. The lowest BCUT2D eigenvalue weighted by Crippen LogP contribution is -2.48. The summed E-state index contributed by atoms with van der Waals surface area (Å²) in [6.45, 7) is 0.101. The summed E-state index contributed by atoms with van der Waals surface area (Å²) in [7, 11) is 0. The first-order valence-corrected chi connectivity index (χ1v) is 11.2. The molecule has 4 nitrogen and oxygen atoms in total. The van der Waals surface area contributed by atoms with Gasteiger partial charge in [-0.2, -0.15) is 0 Å². The Hall–Kier alpha value is -1.84. The molecule has 150 valence electrons. The molecule has 1 unspecified atom stereocenters. The maximum atomic E-state index is 12.6. The molecule has 0 aromatic heterocycles. The molecule has 4 bridgehead atoms. The van der Waals surface area contributed by atoms with Gasteiger partial charge >= 0.3 is 0 Å². The quantitative estimate of drug-likeness (QED) is 0.814. The summed E-state index contributed by atoms with van der Waals surface area (Å²) in [5.41, 5.74) is 2.81. The van der Waals surface area contributed by atoms with Crippen molar-refractivity contribution in [3.8, 4) is 0 Å². The number of hydrogen-bond acceptors (Lipinski definition) is 2. The second-order valence-corrected chi connectivity index (χ2v) is 10.1. The number of rotatable bonds is 5. The summed E-state index contributed by atoms with van der Waals surface area (Å²) >= 11 is 0. The lowest BCUT2D eigenvalue weighted by Gasteiger charge is -2.56. The zero-order valence-electron chi connectivity index (χ0n) is 16.7. The molecule has 0 radical (unpaired) electrons. The highest BCUT2D eigenvalue weighted by Crippen LogP contribution is 2.61. The molecule has 0 saturated heterocycles. The average molecular weight is 381 g/mol. The highest BCUT2D eigenvalue weighted by Gasteiger charge is 2.51. The zero-order valence-corrected chi connectivity index (χ0v) is 16.7. The lowest BCUT2D eigenvalue weighted by molar-refractivity contribution is -0.132. The van der Waals surface area contributed by atoms with E-state index in [1.807, 2.05) is 6.07 Å². The predicted molar refractivity (Wildman–Crippen MR) is 108 cm³/mol. The molecular formula is C24H32N2O2. The van der Waals surface area contributed by atoms with Crippen molar-refractivity contribution in [3.63, 3.8) is 0 Å². The smallest absolute Gasteiger partial charge is 0.239 e. The van der Waals surface area contributed by atoms with Crippen molar-refractivity contribution in [2.24, 2.45) is 23.2 Å². The summed E-state index contributed by atoms with van der Waals surface area (Å²) < 4.78 is 0. The van der Waals surface area contributed by atoms with E-state index in [1.165, 1.54) is 49.7 Å². The van der Waals surface area contributed by atoms with Gasteiger partial charge in [-0.25, -0.2) is 0 Å². The highest BCUT2D eigenvalue weighted by molar-refractivity contribution is 5.85. The standard InChI is InChI=1S/C24H32N2O2/c27-22(14-24-11-16-8-17(12-24)10-18(9-16)13-24)25-15-23(28)26-21-7-3-5-19-4-1-2-6-20(19)21/h1-2,4,6,16-18,21H,3,5,7-15H2,(H,25,27)(H,26,28). The fourth-order valence-electron chi connectivity index (χ4n) is 7.24. The van der Waals surface area contributed by atoms with Gasteiger partial charge in [0.25, 0.3) is 0 Å². The van der Waals surface area contributed by atoms with E-state index >= 15 is 0 Å². The SMILES string of the molecule is O=C(CC12CC3CC(CC(C3)C1)C2)NCC(=O)NC1CCCc2ccccc21. The van der Waals surface area contributed by atoms with E-state index < -0.39 is 0 Å². The number of fused-ring (bicyclic) bond motifs is 1. The van der Waals surface area contributed by atoms with Gasteiger partial charge in [-0.1, -0.05) is 24.3 Å². The van der Waals surface area contributed by atoms with E-state index in [0.29, 0.717) is 6.42 Å². The van der Waals surface area contributed by atoms with Crippen LogP contribution in [0.1, 0.15) is 75.0 Å². The summed E-state index contributed by atoms with van der Waals surface area (Å²) in [5.74, 6) is 2.57. The van der Waals surface area contributed by atoms with Gasteiger partial charge in [-0.3, -0.25) is 9.59 Å². The third-order valence-corrected chi connectivity index (χ3v) is 7.85. The van der Waals surface area contributed by atoms with Crippen molar-refractivity contribution in [3.05, 3.63) is 35.4 Å². The predicted octanol–water partition coefficient (Wildman–Crippen LogP) is 3.90. The van der Waals surface area contributed by atoms with E-state index in [2.05, 4.69) is 28.8 Å². The molecule has 4 saturated carbocycles. The Morgan fingerprint density at radius 3 is 2.36 bits per heavy atom. The van der Waals surface area contributed by atoms with Crippen LogP contribution in [0.15, 0.2) is 24.3 Å². The van der Waals surface area contributed by atoms with Crippen molar-refractivity contribution in [1.82, 2.24) is 10.6 Å². The van der Waals surface area contributed by atoms with Gasteiger partial charge in [-0.05, 0) is 92.1 Å². The molecule has 1 aromatic carbocycles. The van der Waals surface area contributed by atoms with Gasteiger partial charge in [0.1, 0.15) is 0 Å². The van der Waals surface area contributed by atoms with Crippen molar-refractivity contribution < 1.29 is 9.59 Å². The van der Waals surface area contributed by atoms with Crippen molar-refractivity contribution >= 4 is 11.8 Å². The molecule has 0 heterocycles. The first-order valence-electron chi connectivity index (χ1n) is 11.2. The van der Waals surface area contributed by atoms with E-state index in [1.54, 1.807) is 0 Å². The Balaban J connectivity index is 1.13. The molecule has 4 heteroatoms. The van der Waals surface area contributed by atoms with Gasteiger partial charge in [0.2, 0.25) is 11.8 Å². The number of benzene rings is 1. The Morgan fingerprint density at radius 1 is 0.964 bits per heavy atom. The summed E-state index contributed by atoms with van der Waals surface area (Å²) in [6.07, 6.45) is 11.7. The lowest BCUT2D eigenvalue weighted by atomic mass is 9.49. The fraction of sp³-hybridized carbons (Fsp3) is 0.667. The number of nitrogens with one attached hydrogen (secondary N) is 2. The van der Waals surface area contributed by atoms with Gasteiger partial charge < -0.3 is 10.6 Å². The average Bonchev–Trinajstić information content (AvgIpc) is 2.65. The minimum absolute atomic E-state index is 0.0689. The van der Waals surface area contributed by atoms with Gasteiger partial charge in [0.15, 0.2) is 0 Å². The number of hydrogen-bond donors (Lipinski definition) is 2. The molecule has 28 heavy (non-hydrogen) atoms. The van der Waals surface area contributed by atoms with Crippen molar-refractivity contribution in [2.75, 3.05) is 6.54 Å². The fourth-order valence-corrected chi connectivity index (χ4v) is 7.24. The molecular weight excluding hydrogens is 348 g/mol. The minimum Gasteiger partial charge on any atom is -0.348 e. The largest absolute Gasteiger partial charge is 0.348 e. The van der Waals surface area contributed by atoms with Crippen LogP contribution in [0.3, 0.4) is 0 Å². The van der Waals surface area contributed by atoms with Gasteiger partial charge in [0.05, 0.1) is 12.6 Å². The normalized spacial score (nSPS) is 35.3. The molecule has 0 spiro atoms. The van der Waals surface area contributed by atoms with Crippen molar-refractivity contribution in [1.29, 1.82) is 0 Å². The molecule has 1 atom stereocenters. The molecule has 2 N–H and O–H groups in total. The van der Waals surface area contributed by atoms with E-state index in [9.17, 15) is 9.59 Å². The maximum Gasteiger partial charge on any atom is 0.239 e. The van der Waals surface area contributed by atoms with Crippen molar-refractivity contribution in [2.45, 2.75) is 70.3 Å². The van der Waals surface area contributed by atoms with Crippen LogP contribution in [0, 0.1) is 23.2 Å². The third kappa shape index (κ3) is 3.58. The molecule has 5 aliphatic carbocycles. The Kier molecular flexibility index (Phi) is 4.68. The highest BCUT2D eigenvalue weighted by atomic mass is 16.2. The van der Waals surface area contributed by atoms with Crippen LogP contribution >= 0.6 is 0 Å². The summed E-state index contributed by atoms with van der Waals surface area (Å²) in [4.78, 5) is 25.1. The van der Waals surface area contributed by atoms with Crippen LogP contribution in [0.4, 0.5) is 0 Å². The van der Waals surface area contributed by atoms with Crippen LogP contribution in [0.5, 0.6) is 0 Å². The summed E-state index contributed by atoms with van der Waals surface area (Å²) in [5, 5.41) is 6.06. The molecule has 6 rings (SSSR count). The molecule has 4 fully saturated rings. The van der Waals surface area contributed by atoms with Gasteiger partial charge in [0, 0.05) is 6.42 Å². The second kappa shape index (κ2) is 7.20. The van der Waals surface area contributed by atoms with Gasteiger partial charge in [-0.15, -0.1) is 0 Å². The Bertz CT molecular complexity index is 736. The van der Waals surface area contributed by atoms with Crippen LogP contribution in [-0.2, 0) is 16.0 Å². The zero-order chi connectivity index (χ0) is 19.1. The van der Waals surface area contributed by atoms with E-state index in [0.717, 1.165) is 37.0 Å². The number of carbonyl (C=O) groups is 2. The minimum atomic E-state index is -0.0689. The maximum absolute atomic E-state index is 12.6. The topological polar surface area (TPSA) is 58.2 Å². The van der Waals surface area contributed by atoms with Crippen LogP contribution in [-0.4, -0.2) is 18.4 Å². The Labute approximate surface area is 167 Å². The molecule has 2 amide bonds. The third-order valence-electron chi connectivity index (χ3n) is 7.85. The number of aryl methyl sites for hydroxylation is 1.